The average Bonchev–Trinajstić information content (AvgIpc) is 2.45. The van der Waals surface area contributed by atoms with E-state index in [0.717, 1.165) is 6.07 Å². The summed E-state index contributed by atoms with van der Waals surface area (Å²) in [6, 6.07) is 5.43. The van der Waals surface area contributed by atoms with E-state index in [9.17, 15) is 22.6 Å². The van der Waals surface area contributed by atoms with Crippen LogP contribution in [0.3, 0.4) is 0 Å². The van der Waals surface area contributed by atoms with Gasteiger partial charge in [0.25, 0.3) is 10.1 Å². The topological polar surface area (TPSA) is 141 Å². The highest BCUT2D eigenvalue weighted by molar-refractivity contribution is 9.10. The number of ketones is 2. The van der Waals surface area contributed by atoms with Crippen LogP contribution in [0.1, 0.15) is 31.8 Å². The van der Waals surface area contributed by atoms with Crippen molar-refractivity contribution in [2.24, 2.45) is 0 Å². The third-order valence-corrected chi connectivity index (χ3v) is 5.10. The Morgan fingerprint density at radius 3 is 2.26 bits per heavy atom. The van der Waals surface area contributed by atoms with Gasteiger partial charge in [0.1, 0.15) is 4.90 Å². The zero-order valence-corrected chi connectivity index (χ0v) is 13.7. The van der Waals surface area contributed by atoms with E-state index in [4.69, 9.17) is 11.5 Å². The number of nitrogen functional groups attached to an aromatic ring is 2. The summed E-state index contributed by atoms with van der Waals surface area (Å²) >= 11 is 3.06. The Labute approximate surface area is 139 Å². The molecule has 0 bridgehead atoms. The number of halogens is 1. The summed E-state index contributed by atoms with van der Waals surface area (Å²) in [6.45, 7) is 0. The van der Waals surface area contributed by atoms with Crippen molar-refractivity contribution < 1.29 is 22.6 Å². The van der Waals surface area contributed by atoms with Gasteiger partial charge in [-0.05, 0) is 28.1 Å². The first kappa shape index (κ1) is 15.7. The molecule has 0 amide bonds. The normalized spacial score (nSPS) is 13.7. The fraction of sp³-hybridized carbons (Fsp3) is 0. The molecule has 5 N–H and O–H groups in total. The van der Waals surface area contributed by atoms with Crippen molar-refractivity contribution in [2.75, 3.05) is 11.5 Å². The first-order valence-corrected chi connectivity index (χ1v) is 8.45. The maximum Gasteiger partial charge on any atom is 0.296 e. The molecule has 0 fully saturated rings. The number of rotatable bonds is 1. The fourth-order valence-electron chi connectivity index (χ4n) is 2.59. The Bertz CT molecular complexity index is 1010. The molecular weight excluding hydrogens is 388 g/mol. The highest BCUT2D eigenvalue weighted by atomic mass is 79.9. The lowest BCUT2D eigenvalue weighted by atomic mass is 9.82. The van der Waals surface area contributed by atoms with Gasteiger partial charge < -0.3 is 11.5 Å². The number of hydrogen-bond donors (Lipinski definition) is 3. The summed E-state index contributed by atoms with van der Waals surface area (Å²) in [4.78, 5) is 24.7. The van der Waals surface area contributed by atoms with Crippen molar-refractivity contribution in [3.05, 3.63) is 51.0 Å². The Kier molecular flexibility index (Phi) is 3.32. The van der Waals surface area contributed by atoms with Crippen molar-refractivity contribution in [3.8, 4) is 0 Å². The molecule has 118 valence electrons. The third kappa shape index (κ3) is 2.16. The monoisotopic (exact) mass is 396 g/mol. The van der Waals surface area contributed by atoms with E-state index >= 15 is 0 Å². The van der Waals surface area contributed by atoms with Crippen LogP contribution in [0.25, 0.3) is 0 Å². The number of anilines is 2. The number of fused-ring (bicyclic) bond motifs is 2. The molecule has 3 rings (SSSR count). The third-order valence-electron chi connectivity index (χ3n) is 3.58. The van der Waals surface area contributed by atoms with E-state index in [-0.39, 0.29) is 32.4 Å². The van der Waals surface area contributed by atoms with Gasteiger partial charge in [-0.15, -0.1) is 0 Å². The quantitative estimate of drug-likeness (QED) is 0.419. The minimum Gasteiger partial charge on any atom is -0.398 e. The van der Waals surface area contributed by atoms with Crippen LogP contribution >= 0.6 is 15.9 Å². The van der Waals surface area contributed by atoms with E-state index in [1.54, 1.807) is 0 Å². The van der Waals surface area contributed by atoms with Gasteiger partial charge in [0.2, 0.25) is 0 Å². The zero-order valence-electron chi connectivity index (χ0n) is 11.3. The van der Waals surface area contributed by atoms with Crippen LogP contribution < -0.4 is 11.5 Å². The van der Waals surface area contributed by atoms with E-state index in [2.05, 4.69) is 15.9 Å². The van der Waals surface area contributed by atoms with E-state index in [1.807, 2.05) is 0 Å². The van der Waals surface area contributed by atoms with Gasteiger partial charge in [0.05, 0.1) is 22.4 Å². The molecule has 0 aliphatic heterocycles. The Morgan fingerprint density at radius 2 is 1.65 bits per heavy atom. The molecular formula is C14H9BrN2O5S. The van der Waals surface area contributed by atoms with Gasteiger partial charge in [-0.25, -0.2) is 0 Å². The van der Waals surface area contributed by atoms with Crippen molar-refractivity contribution >= 4 is 49.0 Å². The van der Waals surface area contributed by atoms with E-state index in [1.165, 1.54) is 18.2 Å². The van der Waals surface area contributed by atoms with Crippen LogP contribution in [0.15, 0.2) is 33.6 Å². The van der Waals surface area contributed by atoms with Gasteiger partial charge >= 0.3 is 0 Å². The molecule has 0 saturated carbocycles. The molecule has 0 aromatic heterocycles. The summed E-state index contributed by atoms with van der Waals surface area (Å²) in [5, 5.41) is 0. The number of benzene rings is 2. The molecule has 9 heteroatoms. The minimum atomic E-state index is -4.67. The lowest BCUT2D eigenvalue weighted by Crippen LogP contribution is -2.25. The summed E-state index contributed by atoms with van der Waals surface area (Å²) in [7, 11) is -4.67. The number of nitrogens with two attached hydrogens (primary N) is 2. The van der Waals surface area contributed by atoms with Crippen LogP contribution in [0.2, 0.25) is 0 Å². The molecule has 2 aromatic rings. The summed E-state index contributed by atoms with van der Waals surface area (Å²) in [5.74, 6) is -1.18. The first-order valence-electron chi connectivity index (χ1n) is 6.22. The summed E-state index contributed by atoms with van der Waals surface area (Å²) in [6.07, 6.45) is 0. The molecule has 0 radical (unpaired) electrons. The molecule has 1 aliphatic carbocycles. The van der Waals surface area contributed by atoms with Gasteiger partial charge in [0, 0.05) is 15.7 Å². The molecule has 7 nitrogen and oxygen atoms in total. The van der Waals surface area contributed by atoms with E-state index in [0.29, 0.717) is 0 Å². The molecule has 1 aliphatic rings. The molecule has 0 atom stereocenters. The second-order valence-electron chi connectivity index (χ2n) is 4.92. The SMILES string of the molecule is Nc1cccc2c1C(=O)c1c(N)c(S(=O)(=O)O)cc(Br)c1C2=O. The van der Waals surface area contributed by atoms with Crippen molar-refractivity contribution in [2.45, 2.75) is 4.90 Å². The predicted molar refractivity (Wildman–Crippen MR) is 86.1 cm³/mol. The lowest BCUT2D eigenvalue weighted by Gasteiger charge is -2.22. The van der Waals surface area contributed by atoms with Crippen molar-refractivity contribution in [1.82, 2.24) is 0 Å². The summed E-state index contributed by atoms with van der Waals surface area (Å²) < 4.78 is 32.1. The summed E-state index contributed by atoms with van der Waals surface area (Å²) in [5.41, 5.74) is 10.8. The molecule has 0 unspecified atom stereocenters. The van der Waals surface area contributed by atoms with Crippen LogP contribution in [-0.4, -0.2) is 24.5 Å². The number of hydrogen-bond acceptors (Lipinski definition) is 6. The first-order chi connectivity index (χ1) is 10.6. The molecule has 0 spiro atoms. The Hall–Kier alpha value is -2.23. The van der Waals surface area contributed by atoms with Crippen molar-refractivity contribution in [3.63, 3.8) is 0 Å². The highest BCUT2D eigenvalue weighted by Crippen LogP contribution is 2.40. The smallest absolute Gasteiger partial charge is 0.296 e. The highest BCUT2D eigenvalue weighted by Gasteiger charge is 2.36. The fourth-order valence-corrected chi connectivity index (χ4v) is 3.99. The van der Waals surface area contributed by atoms with Gasteiger partial charge in [0.15, 0.2) is 11.6 Å². The van der Waals surface area contributed by atoms with Gasteiger partial charge in [-0.1, -0.05) is 12.1 Å². The van der Waals surface area contributed by atoms with Crippen LogP contribution in [0.5, 0.6) is 0 Å². The molecule has 2 aromatic carbocycles. The number of carbonyl (C=O) groups is 2. The number of carbonyl (C=O) groups excluding carboxylic acids is 2. The second-order valence-corrected chi connectivity index (χ2v) is 7.17. The molecule has 23 heavy (non-hydrogen) atoms. The van der Waals surface area contributed by atoms with Crippen LogP contribution in [-0.2, 0) is 10.1 Å². The Balaban J connectivity index is 2.46. The van der Waals surface area contributed by atoms with Crippen LogP contribution in [0, 0.1) is 0 Å². The van der Waals surface area contributed by atoms with Gasteiger partial charge in [-0.2, -0.15) is 8.42 Å². The maximum absolute atomic E-state index is 12.7. The lowest BCUT2D eigenvalue weighted by molar-refractivity contribution is 0.0979. The standard InChI is InChI=1S/C14H9BrN2O5S/c15-6-4-8(23(20,21)22)12(17)11-10(6)13(18)5-2-1-3-7(16)9(5)14(11)19/h1-4H,16-17H2,(H,20,21,22). The maximum atomic E-state index is 12.7. The second kappa shape index (κ2) is 4.88. The van der Waals surface area contributed by atoms with Crippen LogP contribution in [0.4, 0.5) is 11.4 Å². The zero-order chi connectivity index (χ0) is 17.1. The molecule has 0 heterocycles. The van der Waals surface area contributed by atoms with Crippen molar-refractivity contribution in [1.29, 1.82) is 0 Å². The minimum absolute atomic E-state index is 0.0314. The largest absolute Gasteiger partial charge is 0.398 e. The Morgan fingerprint density at radius 1 is 1.00 bits per heavy atom. The predicted octanol–water partition coefficient (Wildman–Crippen LogP) is 1.64. The average molecular weight is 397 g/mol. The molecule has 0 saturated heterocycles. The van der Waals surface area contributed by atoms with Gasteiger partial charge in [-0.3, -0.25) is 14.1 Å². The van der Waals surface area contributed by atoms with E-state index < -0.39 is 32.3 Å².